The molecule has 0 saturated heterocycles. The second-order valence-electron chi connectivity index (χ2n) is 3.48. The Kier molecular flexibility index (Phi) is 3.77. The third kappa shape index (κ3) is 3.05. The minimum Gasteiger partial charge on any atom is -0.495 e. The molecule has 2 aromatic rings. The maximum absolute atomic E-state index is 5.95. The minimum absolute atomic E-state index is 0.592. The Bertz CT molecular complexity index is 511. The second kappa shape index (κ2) is 5.30. The van der Waals surface area contributed by atoms with Gasteiger partial charge in [0, 0.05) is 22.5 Å². The molecule has 0 unspecified atom stereocenters. The van der Waals surface area contributed by atoms with Crippen LogP contribution in [0.5, 0.6) is 5.75 Å². The molecule has 88 valence electrons. The van der Waals surface area contributed by atoms with E-state index in [9.17, 15) is 0 Å². The van der Waals surface area contributed by atoms with E-state index < -0.39 is 0 Å². The van der Waals surface area contributed by atoms with Crippen LogP contribution in [0.15, 0.2) is 42.5 Å². The van der Waals surface area contributed by atoms with Crippen LogP contribution in [0.1, 0.15) is 0 Å². The Morgan fingerprint density at radius 2 is 1.59 bits per heavy atom. The van der Waals surface area contributed by atoms with Gasteiger partial charge in [0.2, 0.25) is 0 Å². The number of rotatable bonds is 3. The van der Waals surface area contributed by atoms with Crippen LogP contribution in [0.25, 0.3) is 0 Å². The molecule has 4 heteroatoms. The highest BCUT2D eigenvalue weighted by Gasteiger charge is 2.02. The number of halogens is 2. The molecule has 0 aliphatic heterocycles. The molecule has 17 heavy (non-hydrogen) atoms. The molecule has 0 heterocycles. The average molecular weight is 268 g/mol. The first-order valence-electron chi connectivity index (χ1n) is 5.05. The predicted octanol–water partition coefficient (Wildman–Crippen LogP) is 4.75. The minimum atomic E-state index is 0.592. The summed E-state index contributed by atoms with van der Waals surface area (Å²) in [5.41, 5.74) is 1.87. The summed E-state index contributed by atoms with van der Waals surface area (Å²) in [5.74, 6) is 0.644. The lowest BCUT2D eigenvalue weighted by atomic mass is 10.2. The summed E-state index contributed by atoms with van der Waals surface area (Å²) in [6.45, 7) is 0. The molecule has 2 rings (SSSR count). The third-order valence-corrected chi connectivity index (χ3v) is 2.85. The highest BCUT2D eigenvalue weighted by molar-refractivity contribution is 6.32. The van der Waals surface area contributed by atoms with Crippen molar-refractivity contribution in [3.8, 4) is 5.75 Å². The largest absolute Gasteiger partial charge is 0.495 e. The zero-order valence-electron chi connectivity index (χ0n) is 9.21. The van der Waals surface area contributed by atoms with Crippen molar-refractivity contribution in [2.45, 2.75) is 0 Å². The maximum Gasteiger partial charge on any atom is 0.139 e. The summed E-state index contributed by atoms with van der Waals surface area (Å²) in [6, 6.07) is 13.0. The Morgan fingerprint density at radius 3 is 2.24 bits per heavy atom. The molecule has 0 amide bonds. The van der Waals surface area contributed by atoms with Crippen molar-refractivity contribution in [2.24, 2.45) is 0 Å². The predicted molar refractivity (Wildman–Crippen MR) is 72.7 cm³/mol. The van der Waals surface area contributed by atoms with Gasteiger partial charge >= 0.3 is 0 Å². The van der Waals surface area contributed by atoms with E-state index in [4.69, 9.17) is 27.9 Å². The summed E-state index contributed by atoms with van der Waals surface area (Å²) >= 11 is 11.8. The van der Waals surface area contributed by atoms with Gasteiger partial charge in [0.05, 0.1) is 12.1 Å². The van der Waals surface area contributed by atoms with Gasteiger partial charge in [-0.15, -0.1) is 0 Å². The van der Waals surface area contributed by atoms with Crippen LogP contribution in [-0.4, -0.2) is 7.11 Å². The zero-order valence-corrected chi connectivity index (χ0v) is 10.7. The number of benzene rings is 2. The zero-order chi connectivity index (χ0) is 12.3. The molecule has 0 aliphatic rings. The smallest absolute Gasteiger partial charge is 0.139 e. The first-order chi connectivity index (χ1) is 8.19. The van der Waals surface area contributed by atoms with Crippen molar-refractivity contribution >= 4 is 34.6 Å². The lowest BCUT2D eigenvalue weighted by molar-refractivity contribution is 0.415. The van der Waals surface area contributed by atoms with E-state index in [2.05, 4.69) is 5.32 Å². The van der Waals surface area contributed by atoms with Gasteiger partial charge in [0.25, 0.3) is 0 Å². The number of anilines is 2. The first kappa shape index (κ1) is 12.1. The molecule has 0 radical (unpaired) electrons. The number of nitrogens with one attached hydrogen (secondary N) is 1. The normalized spacial score (nSPS) is 10.1. The van der Waals surface area contributed by atoms with Gasteiger partial charge in [0.1, 0.15) is 5.75 Å². The number of hydrogen-bond acceptors (Lipinski definition) is 2. The summed E-state index contributed by atoms with van der Waals surface area (Å²) in [6.07, 6.45) is 0. The Hall–Kier alpha value is -1.38. The van der Waals surface area contributed by atoms with Crippen molar-refractivity contribution in [1.29, 1.82) is 0 Å². The molecule has 2 nitrogen and oxygen atoms in total. The topological polar surface area (TPSA) is 21.3 Å². The van der Waals surface area contributed by atoms with E-state index in [1.807, 2.05) is 36.4 Å². The molecule has 0 spiro atoms. The van der Waals surface area contributed by atoms with Crippen LogP contribution < -0.4 is 10.1 Å². The standard InChI is InChI=1S/C13H11Cl2NO/c1-17-13-8-11(6-7-12(13)15)16-10-4-2-9(14)3-5-10/h2-8,16H,1H3. The quantitative estimate of drug-likeness (QED) is 0.867. The molecule has 1 N–H and O–H groups in total. The average Bonchev–Trinajstić information content (AvgIpc) is 2.34. The van der Waals surface area contributed by atoms with Gasteiger partial charge in [-0.25, -0.2) is 0 Å². The Labute approximate surface area is 110 Å². The third-order valence-electron chi connectivity index (χ3n) is 2.28. The van der Waals surface area contributed by atoms with E-state index in [0.29, 0.717) is 15.8 Å². The van der Waals surface area contributed by atoms with E-state index >= 15 is 0 Å². The summed E-state index contributed by atoms with van der Waals surface area (Å²) in [7, 11) is 1.59. The van der Waals surface area contributed by atoms with Crippen LogP contribution in [0.4, 0.5) is 11.4 Å². The fraction of sp³-hybridized carbons (Fsp3) is 0.0769. The Balaban J connectivity index is 2.21. The highest BCUT2D eigenvalue weighted by atomic mass is 35.5. The molecular formula is C13H11Cl2NO. The number of hydrogen-bond donors (Lipinski definition) is 1. The van der Waals surface area contributed by atoms with Crippen molar-refractivity contribution in [1.82, 2.24) is 0 Å². The first-order valence-corrected chi connectivity index (χ1v) is 5.81. The highest BCUT2D eigenvalue weighted by Crippen LogP contribution is 2.29. The van der Waals surface area contributed by atoms with Gasteiger partial charge < -0.3 is 10.1 Å². The van der Waals surface area contributed by atoms with Gasteiger partial charge in [-0.05, 0) is 36.4 Å². The SMILES string of the molecule is COc1cc(Nc2ccc(Cl)cc2)ccc1Cl. The van der Waals surface area contributed by atoms with Crippen LogP contribution in [-0.2, 0) is 0 Å². The molecule has 0 fully saturated rings. The summed E-state index contributed by atoms with van der Waals surface area (Å²) in [4.78, 5) is 0. The molecular weight excluding hydrogens is 257 g/mol. The van der Waals surface area contributed by atoms with Gasteiger partial charge in [0.15, 0.2) is 0 Å². The van der Waals surface area contributed by atoms with Crippen molar-refractivity contribution < 1.29 is 4.74 Å². The molecule has 0 bridgehead atoms. The Morgan fingerprint density at radius 1 is 0.941 bits per heavy atom. The second-order valence-corrected chi connectivity index (χ2v) is 4.32. The van der Waals surface area contributed by atoms with Gasteiger partial charge in [-0.2, -0.15) is 0 Å². The maximum atomic E-state index is 5.95. The van der Waals surface area contributed by atoms with Crippen molar-refractivity contribution in [2.75, 3.05) is 12.4 Å². The van der Waals surface area contributed by atoms with E-state index in [1.165, 1.54) is 0 Å². The number of ether oxygens (including phenoxy) is 1. The van der Waals surface area contributed by atoms with Crippen LogP contribution in [0, 0.1) is 0 Å². The van der Waals surface area contributed by atoms with Crippen LogP contribution >= 0.6 is 23.2 Å². The van der Waals surface area contributed by atoms with E-state index in [-0.39, 0.29) is 0 Å². The number of methoxy groups -OCH3 is 1. The monoisotopic (exact) mass is 267 g/mol. The molecule has 2 aromatic carbocycles. The van der Waals surface area contributed by atoms with Crippen molar-refractivity contribution in [3.63, 3.8) is 0 Å². The molecule has 0 aromatic heterocycles. The van der Waals surface area contributed by atoms with Crippen LogP contribution in [0.3, 0.4) is 0 Å². The van der Waals surface area contributed by atoms with E-state index in [0.717, 1.165) is 11.4 Å². The van der Waals surface area contributed by atoms with Gasteiger partial charge in [-0.1, -0.05) is 23.2 Å². The lowest BCUT2D eigenvalue weighted by Gasteiger charge is -2.09. The van der Waals surface area contributed by atoms with Gasteiger partial charge in [-0.3, -0.25) is 0 Å². The fourth-order valence-corrected chi connectivity index (χ4v) is 1.76. The lowest BCUT2D eigenvalue weighted by Crippen LogP contribution is -1.91. The summed E-state index contributed by atoms with van der Waals surface area (Å²) in [5, 5.41) is 4.54. The molecule has 0 aliphatic carbocycles. The van der Waals surface area contributed by atoms with Crippen molar-refractivity contribution in [3.05, 3.63) is 52.5 Å². The molecule has 0 saturated carbocycles. The van der Waals surface area contributed by atoms with Crippen LogP contribution in [0.2, 0.25) is 10.0 Å². The molecule has 0 atom stereocenters. The fourth-order valence-electron chi connectivity index (χ4n) is 1.44. The summed E-state index contributed by atoms with van der Waals surface area (Å²) < 4.78 is 5.15. The van der Waals surface area contributed by atoms with E-state index in [1.54, 1.807) is 13.2 Å².